The molecule has 0 aromatic heterocycles. The minimum atomic E-state index is -1.18. The average molecular weight is 825 g/mol. The second-order valence-electron chi connectivity index (χ2n) is 18.0. The predicted molar refractivity (Wildman–Crippen MR) is 200 cm³/mol. The molecular weight excluding hydrogens is 760 g/mol. The zero-order chi connectivity index (χ0) is 41.3. The van der Waals surface area contributed by atoms with Gasteiger partial charge in [0.2, 0.25) is 5.79 Å². The first-order chi connectivity index (χ1) is 27.7. The highest BCUT2D eigenvalue weighted by molar-refractivity contribution is 5.75. The number of esters is 1. The predicted octanol–water partition coefficient (Wildman–Crippen LogP) is 2.63. The average Bonchev–Trinajstić information content (AvgIpc) is 3.70. The molecule has 6 fully saturated rings. The van der Waals surface area contributed by atoms with Gasteiger partial charge in [-0.2, -0.15) is 0 Å². The number of hydrogen-bond donors (Lipinski definition) is 3. The molecular formula is C42H64O16. The molecule has 6 aliphatic heterocycles. The lowest BCUT2D eigenvalue weighted by atomic mass is 9.55. The van der Waals surface area contributed by atoms with Crippen LogP contribution < -0.4 is 0 Å². The Kier molecular flexibility index (Phi) is 12.5. The molecule has 328 valence electrons. The summed E-state index contributed by atoms with van der Waals surface area (Å²) in [6, 6.07) is 0. The smallest absolute Gasteiger partial charge is 0.312 e. The van der Waals surface area contributed by atoms with Crippen LogP contribution in [0.25, 0.3) is 0 Å². The second-order valence-corrected chi connectivity index (χ2v) is 18.0. The molecule has 2 aliphatic carbocycles. The zero-order valence-corrected chi connectivity index (χ0v) is 34.9. The Balaban J connectivity index is 0.891. The third-order valence-electron chi connectivity index (χ3n) is 14.6. The topological polar surface area (TPSA) is 189 Å². The molecule has 0 bridgehead atoms. The van der Waals surface area contributed by atoms with Crippen molar-refractivity contribution in [1.82, 2.24) is 0 Å². The number of carbonyl (C=O) groups excluding carboxylic acids is 1. The van der Waals surface area contributed by atoms with Crippen molar-refractivity contribution in [3.05, 3.63) is 23.5 Å². The van der Waals surface area contributed by atoms with Crippen LogP contribution in [-0.4, -0.2) is 153 Å². The van der Waals surface area contributed by atoms with Gasteiger partial charge in [-0.15, -0.1) is 0 Å². The summed E-state index contributed by atoms with van der Waals surface area (Å²) in [5.74, 6) is -2.23. The molecule has 8 aliphatic rings. The summed E-state index contributed by atoms with van der Waals surface area (Å²) >= 11 is 0. The fourth-order valence-corrected chi connectivity index (χ4v) is 11.3. The molecule has 21 atom stereocenters. The third kappa shape index (κ3) is 7.70. The first kappa shape index (κ1) is 42.9. The lowest BCUT2D eigenvalue weighted by Gasteiger charge is -2.52. The van der Waals surface area contributed by atoms with Crippen LogP contribution in [-0.2, 0) is 61.6 Å². The molecule has 0 unspecified atom stereocenters. The highest BCUT2D eigenvalue weighted by Gasteiger charge is 2.59. The van der Waals surface area contributed by atoms with Crippen molar-refractivity contribution < 1.29 is 77.0 Å². The first-order valence-corrected chi connectivity index (χ1v) is 21.2. The van der Waals surface area contributed by atoms with Gasteiger partial charge in [0.1, 0.15) is 36.6 Å². The molecule has 16 heteroatoms. The van der Waals surface area contributed by atoms with Gasteiger partial charge >= 0.3 is 5.97 Å². The third-order valence-corrected chi connectivity index (χ3v) is 14.6. The number of carbonyl (C=O) groups is 1. The highest BCUT2D eigenvalue weighted by Crippen LogP contribution is 2.57. The molecule has 5 saturated heterocycles. The van der Waals surface area contributed by atoms with Crippen molar-refractivity contribution in [3.63, 3.8) is 0 Å². The first-order valence-electron chi connectivity index (χ1n) is 21.2. The molecule has 6 heterocycles. The fourth-order valence-electron chi connectivity index (χ4n) is 11.3. The maximum atomic E-state index is 13.8. The molecule has 58 heavy (non-hydrogen) atoms. The van der Waals surface area contributed by atoms with E-state index in [4.69, 9.17) is 56.8 Å². The minimum Gasteiger partial charge on any atom is -0.469 e. The number of methoxy groups -OCH3 is 3. The van der Waals surface area contributed by atoms with Crippen molar-refractivity contribution >= 4 is 5.97 Å². The van der Waals surface area contributed by atoms with Crippen molar-refractivity contribution in [2.45, 2.75) is 184 Å². The number of hydrogen-bond acceptors (Lipinski definition) is 16. The van der Waals surface area contributed by atoms with E-state index in [0.717, 1.165) is 24.0 Å². The summed E-state index contributed by atoms with van der Waals surface area (Å²) in [7, 11) is 4.69. The van der Waals surface area contributed by atoms with E-state index in [1.807, 2.05) is 26.8 Å². The van der Waals surface area contributed by atoms with Gasteiger partial charge in [-0.1, -0.05) is 18.6 Å². The van der Waals surface area contributed by atoms with Crippen LogP contribution in [0.1, 0.15) is 79.6 Å². The largest absolute Gasteiger partial charge is 0.469 e. The van der Waals surface area contributed by atoms with E-state index in [9.17, 15) is 20.1 Å². The van der Waals surface area contributed by atoms with Crippen molar-refractivity contribution in [1.29, 1.82) is 0 Å². The van der Waals surface area contributed by atoms with E-state index in [0.29, 0.717) is 32.1 Å². The van der Waals surface area contributed by atoms with Gasteiger partial charge in [0.05, 0.1) is 67.4 Å². The van der Waals surface area contributed by atoms with Crippen LogP contribution in [0.15, 0.2) is 23.5 Å². The molecule has 0 aromatic carbocycles. The highest BCUT2D eigenvalue weighted by atomic mass is 16.8. The summed E-state index contributed by atoms with van der Waals surface area (Å²) in [6.45, 7) is 9.86. The van der Waals surface area contributed by atoms with Gasteiger partial charge in [0.25, 0.3) is 0 Å². The van der Waals surface area contributed by atoms with E-state index in [2.05, 4.69) is 6.92 Å². The Morgan fingerprint density at radius 2 is 1.48 bits per heavy atom. The van der Waals surface area contributed by atoms with E-state index in [-0.39, 0.29) is 30.0 Å². The SMILES string of the molecule is CO[C@@H]1[C@@H](O)[C@H](O[C@@H]2CC[C@]3(C)C(=C[C@H](O)[C@H]4C(=O)O[C@H]5CO[C@]6(C)OC=C(CC[C@@H]43)[C@H]56)C2)O[C@H](C)[C@@H]1O[C@H]1C[C@H](OC)[C@@H](O[C@H]2C[C@H](OC)[C@H](O)[C@@H](C)O2)[C@H](C)O1. The molecule has 0 spiro atoms. The molecule has 3 N–H and O–H groups in total. The van der Waals surface area contributed by atoms with Crippen molar-refractivity contribution in [2.24, 2.45) is 23.2 Å². The quantitative estimate of drug-likeness (QED) is 0.227. The standard InChI is InChI=1S/C42H64O16/c1-19-34(44)27(47-6)15-30(52-19)57-36-20(2)53-31(16-28(36)48-7)58-37-21(3)54-40(35(45)38(37)49-8)55-24-11-12-41(4)23(13-24)14-26(43)32-25(41)10-9-22-17-50-42(5)33(22)29(18-51-42)56-39(32)46/h14,17,19-21,24-38,40,43-45H,9-13,15-16,18H2,1-8H3/t19-,20+,21-,24-,25+,26+,27+,28+,29+,30+,31+,32+,33-,34-,35-,36+,37+,38-,40+,41-,42+/m1/s1. The van der Waals surface area contributed by atoms with E-state index in [1.165, 1.54) is 7.11 Å². The van der Waals surface area contributed by atoms with Crippen LogP contribution in [0.2, 0.25) is 0 Å². The van der Waals surface area contributed by atoms with Crippen LogP contribution in [0.3, 0.4) is 0 Å². The molecule has 0 aromatic rings. The van der Waals surface area contributed by atoms with Crippen LogP contribution in [0.4, 0.5) is 0 Å². The van der Waals surface area contributed by atoms with Gasteiger partial charge in [0.15, 0.2) is 18.9 Å². The summed E-state index contributed by atoms with van der Waals surface area (Å²) in [4.78, 5) is 13.8. The zero-order valence-electron chi connectivity index (χ0n) is 34.9. The summed E-state index contributed by atoms with van der Waals surface area (Å²) in [5.41, 5.74) is 1.76. The van der Waals surface area contributed by atoms with Gasteiger partial charge in [0, 0.05) is 41.1 Å². The fraction of sp³-hybridized carbons (Fsp3) is 0.881. The van der Waals surface area contributed by atoms with Gasteiger partial charge in [-0.05, 0) is 69.8 Å². The van der Waals surface area contributed by atoms with Crippen molar-refractivity contribution in [3.8, 4) is 0 Å². The summed E-state index contributed by atoms with van der Waals surface area (Å²) < 4.78 is 73.1. The Labute approximate surface area is 340 Å². The molecule has 8 rings (SSSR count). The molecule has 0 amide bonds. The Morgan fingerprint density at radius 3 is 2.21 bits per heavy atom. The number of rotatable bonds is 9. The van der Waals surface area contributed by atoms with Gasteiger partial charge in [-0.3, -0.25) is 4.79 Å². The monoisotopic (exact) mass is 824 g/mol. The summed E-state index contributed by atoms with van der Waals surface area (Å²) in [5, 5.41) is 33.6. The van der Waals surface area contributed by atoms with Crippen LogP contribution in [0.5, 0.6) is 0 Å². The van der Waals surface area contributed by atoms with E-state index in [1.54, 1.807) is 27.4 Å². The molecule has 1 saturated carbocycles. The second kappa shape index (κ2) is 16.8. The Morgan fingerprint density at radius 1 is 0.793 bits per heavy atom. The number of fused-ring (bicyclic) bond motifs is 3. The number of aliphatic hydroxyl groups excluding tert-OH is 3. The normalized spacial score (nSPS) is 51.8. The van der Waals surface area contributed by atoms with Gasteiger partial charge < -0.3 is 72.2 Å². The maximum Gasteiger partial charge on any atom is 0.312 e. The minimum absolute atomic E-state index is 0.152. The molecule has 0 radical (unpaired) electrons. The van der Waals surface area contributed by atoms with Crippen LogP contribution >= 0.6 is 0 Å². The maximum absolute atomic E-state index is 13.8. The van der Waals surface area contributed by atoms with E-state index >= 15 is 0 Å². The lowest BCUT2D eigenvalue weighted by Crippen LogP contribution is -2.61. The van der Waals surface area contributed by atoms with Crippen LogP contribution in [0, 0.1) is 23.2 Å². The Bertz CT molecular complexity index is 1540. The number of ether oxygens (including phenoxy) is 12. The van der Waals surface area contributed by atoms with Gasteiger partial charge in [-0.25, -0.2) is 0 Å². The van der Waals surface area contributed by atoms with Crippen molar-refractivity contribution in [2.75, 3.05) is 27.9 Å². The lowest BCUT2D eigenvalue weighted by molar-refractivity contribution is -0.353. The Hall–Kier alpha value is -1.77. The summed E-state index contributed by atoms with van der Waals surface area (Å²) in [6.07, 6.45) is -2.69. The van der Waals surface area contributed by atoms with E-state index < -0.39 is 110 Å². The molecule has 16 nitrogen and oxygen atoms in total. The number of aliphatic hydroxyl groups is 3.